The van der Waals surface area contributed by atoms with Crippen molar-refractivity contribution < 1.29 is 84.7 Å². The first-order valence-corrected chi connectivity index (χ1v) is 13.3. The molecule has 16 nitrogen and oxygen atoms in total. The summed E-state index contributed by atoms with van der Waals surface area (Å²) in [7, 11) is 0. The number of benzene rings is 1. The molecule has 0 bridgehead atoms. The lowest BCUT2D eigenvalue weighted by Gasteiger charge is -2.24. The summed E-state index contributed by atoms with van der Waals surface area (Å²) >= 11 is 0. The third-order valence-corrected chi connectivity index (χ3v) is 5.77. The number of aliphatic carboxylic acids is 3. The Balaban J connectivity index is 0.00000112. The number of amidine groups is 1. The SMILES string of the molecule is CC[C@H](NC(=O)C1CCCN1Cc1ccc(C(=O)Oc2ccc(C(=N)N)cc2)o1)C(=O)O.O=C(O)C(F)(F)F.O=C(O)C(F)(F)F.O=CO. The molecule has 0 aliphatic carbocycles. The van der Waals surface area contributed by atoms with Crippen LogP contribution < -0.4 is 15.8 Å². The minimum absolute atomic E-state index is 0.0211. The van der Waals surface area contributed by atoms with Gasteiger partial charge in [0.25, 0.3) is 6.47 Å². The molecule has 22 heteroatoms. The van der Waals surface area contributed by atoms with Gasteiger partial charge in [-0.1, -0.05) is 6.92 Å². The molecule has 1 aliphatic heterocycles. The van der Waals surface area contributed by atoms with Crippen molar-refractivity contribution in [3.63, 3.8) is 0 Å². The van der Waals surface area contributed by atoms with Crippen LogP contribution in [0.5, 0.6) is 5.75 Å². The van der Waals surface area contributed by atoms with Gasteiger partial charge in [0.05, 0.1) is 12.6 Å². The van der Waals surface area contributed by atoms with Gasteiger partial charge in [-0.3, -0.25) is 19.9 Å². The third-order valence-electron chi connectivity index (χ3n) is 5.77. The van der Waals surface area contributed by atoms with Crippen LogP contribution in [-0.2, 0) is 30.5 Å². The molecule has 1 unspecified atom stereocenters. The fourth-order valence-corrected chi connectivity index (χ4v) is 3.55. The lowest BCUT2D eigenvalue weighted by Crippen LogP contribution is -2.49. The number of halogens is 6. The summed E-state index contributed by atoms with van der Waals surface area (Å²) in [5.74, 6) is -6.84. The minimum Gasteiger partial charge on any atom is -0.483 e. The molecular formula is C27H30F6N4O12. The van der Waals surface area contributed by atoms with Gasteiger partial charge in [0.15, 0.2) is 0 Å². The molecule has 2 atom stereocenters. The molecule has 0 radical (unpaired) electrons. The second kappa shape index (κ2) is 19.9. The van der Waals surface area contributed by atoms with Gasteiger partial charge in [0.2, 0.25) is 11.7 Å². The largest absolute Gasteiger partial charge is 0.490 e. The first-order valence-electron chi connectivity index (χ1n) is 13.3. The summed E-state index contributed by atoms with van der Waals surface area (Å²) in [5.41, 5.74) is 5.92. The number of nitrogens with zero attached hydrogens (tertiary/aromatic N) is 1. The molecule has 1 saturated heterocycles. The van der Waals surface area contributed by atoms with E-state index in [-0.39, 0.29) is 29.7 Å². The molecule has 2 aromatic rings. The highest BCUT2D eigenvalue weighted by atomic mass is 19.4. The summed E-state index contributed by atoms with van der Waals surface area (Å²) in [4.78, 5) is 64.2. The summed E-state index contributed by atoms with van der Waals surface area (Å²) in [6.07, 6.45) is -8.45. The number of likely N-dealkylation sites (tertiary alicyclic amines) is 1. The van der Waals surface area contributed by atoms with Gasteiger partial charge in [-0.05, 0) is 62.2 Å². The zero-order valence-corrected chi connectivity index (χ0v) is 25.1. The number of carboxylic acid groups (broad SMARTS) is 4. The highest BCUT2D eigenvalue weighted by Crippen LogP contribution is 2.22. The van der Waals surface area contributed by atoms with E-state index in [1.807, 2.05) is 4.90 Å². The Hall–Kier alpha value is -5.67. The van der Waals surface area contributed by atoms with Gasteiger partial charge in [-0.15, -0.1) is 0 Å². The van der Waals surface area contributed by atoms with Crippen LogP contribution in [-0.4, -0.2) is 98.4 Å². The zero-order chi connectivity index (χ0) is 38.1. The molecule has 1 aliphatic rings. The number of carbonyl (C=O) groups excluding carboxylic acids is 2. The maximum absolute atomic E-state index is 12.6. The Kier molecular flexibility index (Phi) is 17.6. The molecule has 2 heterocycles. The van der Waals surface area contributed by atoms with E-state index in [9.17, 15) is 40.7 Å². The highest BCUT2D eigenvalue weighted by molar-refractivity contribution is 5.95. The number of hydrogen-bond donors (Lipinski definition) is 7. The Bertz CT molecular complexity index is 1420. The van der Waals surface area contributed by atoms with Crippen LogP contribution in [0.15, 0.2) is 40.8 Å². The number of alkyl halides is 6. The molecule has 1 aromatic heterocycles. The van der Waals surface area contributed by atoms with Crippen LogP contribution >= 0.6 is 0 Å². The number of hydrogen-bond acceptors (Lipinski definition) is 10. The number of amides is 1. The maximum Gasteiger partial charge on any atom is 0.490 e. The quantitative estimate of drug-likeness (QED) is 0.0491. The van der Waals surface area contributed by atoms with Crippen molar-refractivity contribution in [3.8, 4) is 5.75 Å². The number of furan rings is 1. The lowest BCUT2D eigenvalue weighted by molar-refractivity contribution is -0.193. The molecule has 49 heavy (non-hydrogen) atoms. The molecule has 0 spiro atoms. The van der Waals surface area contributed by atoms with E-state index in [4.69, 9.17) is 55.1 Å². The predicted molar refractivity (Wildman–Crippen MR) is 150 cm³/mol. The molecular weight excluding hydrogens is 686 g/mol. The molecule has 1 amide bonds. The molecule has 3 rings (SSSR count). The van der Waals surface area contributed by atoms with E-state index < -0.39 is 48.3 Å². The van der Waals surface area contributed by atoms with Crippen LogP contribution in [0.1, 0.15) is 48.1 Å². The van der Waals surface area contributed by atoms with Gasteiger partial charge in [0, 0.05) is 5.56 Å². The van der Waals surface area contributed by atoms with E-state index >= 15 is 0 Å². The standard InChI is InChI=1S/C22H26N4O6.2C2HF3O2.CH2O2/c1-2-16(21(28)29)25-20(27)17-4-3-11-26(17)12-15-9-10-18(31-15)22(30)32-14-7-5-13(6-8-14)19(23)24;2*3-2(4,5)1(6)7;2-1-3/h5-10,16-17H,2-4,11-12H2,1H3,(H3,23,24)(H,25,27)(H,28,29);2*(H,6,7);1H,(H,2,3)/t16-,17?;;;/m0.../s1. The normalized spacial score (nSPS) is 14.6. The van der Waals surface area contributed by atoms with Crippen LogP contribution in [0.2, 0.25) is 0 Å². The lowest BCUT2D eigenvalue weighted by atomic mass is 10.1. The topological polar surface area (TPSA) is 271 Å². The van der Waals surface area contributed by atoms with Crippen LogP contribution in [0.4, 0.5) is 26.3 Å². The van der Waals surface area contributed by atoms with Crippen molar-refractivity contribution in [2.75, 3.05) is 6.54 Å². The summed E-state index contributed by atoms with van der Waals surface area (Å²) in [6.45, 7) is 2.42. The van der Waals surface area contributed by atoms with Crippen molar-refractivity contribution in [1.82, 2.24) is 10.2 Å². The van der Waals surface area contributed by atoms with E-state index in [0.717, 1.165) is 6.42 Å². The molecule has 8 N–H and O–H groups in total. The van der Waals surface area contributed by atoms with Crippen molar-refractivity contribution in [3.05, 3.63) is 53.5 Å². The van der Waals surface area contributed by atoms with Gasteiger partial charge in [0.1, 0.15) is 23.4 Å². The number of esters is 1. The average molecular weight is 717 g/mol. The molecule has 1 aromatic carbocycles. The van der Waals surface area contributed by atoms with Crippen LogP contribution in [0, 0.1) is 5.41 Å². The number of nitrogen functional groups attached to an aromatic ring is 1. The number of rotatable bonds is 9. The highest BCUT2D eigenvalue weighted by Gasteiger charge is 2.39. The molecule has 0 saturated carbocycles. The number of carboxylic acids is 3. The average Bonchev–Trinajstić information content (AvgIpc) is 3.66. The second-order valence-corrected chi connectivity index (χ2v) is 9.24. The van der Waals surface area contributed by atoms with Gasteiger partial charge < -0.3 is 40.6 Å². The monoisotopic (exact) mass is 716 g/mol. The Labute approximate surface area is 271 Å². The van der Waals surface area contributed by atoms with Gasteiger partial charge >= 0.3 is 36.2 Å². The van der Waals surface area contributed by atoms with E-state index in [1.165, 1.54) is 18.2 Å². The van der Waals surface area contributed by atoms with Gasteiger partial charge in [-0.25, -0.2) is 19.2 Å². The second-order valence-electron chi connectivity index (χ2n) is 9.24. The first-order chi connectivity index (χ1) is 22.6. The summed E-state index contributed by atoms with van der Waals surface area (Å²) in [6, 6.07) is 8.00. The smallest absolute Gasteiger partial charge is 0.483 e. The number of carbonyl (C=O) groups is 6. The number of nitrogens with one attached hydrogen (secondary N) is 2. The minimum atomic E-state index is -5.08. The van der Waals surface area contributed by atoms with E-state index in [0.29, 0.717) is 37.3 Å². The van der Waals surface area contributed by atoms with E-state index in [1.54, 1.807) is 25.1 Å². The Morgan fingerprint density at radius 2 is 1.51 bits per heavy atom. The molecule has 272 valence electrons. The van der Waals surface area contributed by atoms with E-state index in [2.05, 4.69) is 5.32 Å². The van der Waals surface area contributed by atoms with Crippen LogP contribution in [0.25, 0.3) is 0 Å². The Morgan fingerprint density at radius 1 is 1.02 bits per heavy atom. The van der Waals surface area contributed by atoms with Crippen molar-refractivity contribution >= 4 is 42.1 Å². The predicted octanol–water partition coefficient (Wildman–Crippen LogP) is 2.69. The molecule has 1 fully saturated rings. The zero-order valence-electron chi connectivity index (χ0n) is 25.1. The third kappa shape index (κ3) is 16.1. The number of ether oxygens (including phenoxy) is 1. The van der Waals surface area contributed by atoms with Gasteiger partial charge in [-0.2, -0.15) is 26.3 Å². The number of nitrogens with two attached hydrogens (primary N) is 1. The summed E-state index contributed by atoms with van der Waals surface area (Å²) < 4.78 is 74.4. The Morgan fingerprint density at radius 3 is 1.92 bits per heavy atom. The van der Waals surface area contributed by atoms with Crippen molar-refractivity contribution in [2.24, 2.45) is 5.73 Å². The fourth-order valence-electron chi connectivity index (χ4n) is 3.55. The van der Waals surface area contributed by atoms with Crippen molar-refractivity contribution in [2.45, 2.75) is 57.2 Å². The van der Waals surface area contributed by atoms with Crippen molar-refractivity contribution in [1.29, 1.82) is 5.41 Å². The first kappa shape index (κ1) is 43.3. The van der Waals surface area contributed by atoms with Crippen LogP contribution in [0.3, 0.4) is 0 Å². The maximum atomic E-state index is 12.6. The summed E-state index contributed by atoms with van der Waals surface area (Å²) in [5, 5.41) is 40.3. The fraction of sp³-hybridized carbons (Fsp3) is 0.370.